The maximum Gasteiger partial charge on any atom is -0.0274 e. The number of benzene rings is 1. The first-order valence-electron chi connectivity index (χ1n) is 7.72. The first kappa shape index (κ1) is 15.3. The molecule has 0 nitrogen and oxygen atoms in total. The minimum atomic E-state index is 1.27. The second kappa shape index (κ2) is 8.34. The predicted molar refractivity (Wildman–Crippen MR) is 82.4 cm³/mol. The molecule has 102 valence electrons. The number of unbranched alkanes of at least 4 members (excludes halogenated alkanes) is 6. The number of hydrogen-bond acceptors (Lipinski definition) is 0. The van der Waals surface area contributed by atoms with Crippen molar-refractivity contribution in [1.82, 2.24) is 0 Å². The third kappa shape index (κ3) is 4.84. The maximum absolute atomic E-state index is 2.28. The lowest BCUT2D eigenvalue weighted by Crippen LogP contribution is -1.96. The van der Waals surface area contributed by atoms with Gasteiger partial charge in [0.05, 0.1) is 0 Å². The smallest absolute Gasteiger partial charge is 0.0274 e. The van der Waals surface area contributed by atoms with Crippen LogP contribution < -0.4 is 0 Å². The van der Waals surface area contributed by atoms with Gasteiger partial charge in [-0.25, -0.2) is 0 Å². The lowest BCUT2D eigenvalue weighted by Gasteiger charge is -2.12. The van der Waals surface area contributed by atoms with Crippen molar-refractivity contribution >= 4 is 0 Å². The highest BCUT2D eigenvalue weighted by Gasteiger charge is 2.04. The molecule has 0 amide bonds. The molecule has 0 fully saturated rings. The molecular formula is C18H30. The second-order valence-electron chi connectivity index (χ2n) is 5.67. The summed E-state index contributed by atoms with van der Waals surface area (Å²) in [6, 6.07) is 4.53. The van der Waals surface area contributed by atoms with Gasteiger partial charge in [-0.15, -0.1) is 0 Å². The van der Waals surface area contributed by atoms with Crippen molar-refractivity contribution in [2.45, 2.75) is 79.1 Å². The first-order chi connectivity index (χ1) is 8.66. The van der Waals surface area contributed by atoms with Crippen LogP contribution in [-0.4, -0.2) is 0 Å². The van der Waals surface area contributed by atoms with Crippen molar-refractivity contribution in [2.24, 2.45) is 0 Å². The Bertz CT molecular complexity index is 349. The van der Waals surface area contributed by atoms with Crippen LogP contribution >= 0.6 is 0 Å². The van der Waals surface area contributed by atoms with Gasteiger partial charge in [-0.1, -0.05) is 57.6 Å². The zero-order valence-electron chi connectivity index (χ0n) is 12.8. The van der Waals surface area contributed by atoms with Crippen molar-refractivity contribution in [3.63, 3.8) is 0 Å². The highest BCUT2D eigenvalue weighted by Crippen LogP contribution is 2.20. The van der Waals surface area contributed by atoms with Crippen LogP contribution in [0.25, 0.3) is 0 Å². The van der Waals surface area contributed by atoms with Crippen LogP contribution in [0.2, 0.25) is 0 Å². The van der Waals surface area contributed by atoms with E-state index in [0.29, 0.717) is 0 Å². The molecule has 0 aromatic heterocycles. The molecule has 0 saturated carbocycles. The van der Waals surface area contributed by atoms with Gasteiger partial charge in [0.2, 0.25) is 0 Å². The van der Waals surface area contributed by atoms with E-state index in [0.717, 1.165) is 0 Å². The zero-order valence-corrected chi connectivity index (χ0v) is 12.8. The fourth-order valence-corrected chi connectivity index (χ4v) is 2.65. The van der Waals surface area contributed by atoms with Gasteiger partial charge >= 0.3 is 0 Å². The first-order valence-corrected chi connectivity index (χ1v) is 7.72. The molecule has 0 bridgehead atoms. The zero-order chi connectivity index (χ0) is 13.4. The summed E-state index contributed by atoms with van der Waals surface area (Å²) in [4.78, 5) is 0. The molecule has 18 heavy (non-hydrogen) atoms. The molecule has 0 saturated heterocycles. The van der Waals surface area contributed by atoms with Gasteiger partial charge < -0.3 is 0 Å². The van der Waals surface area contributed by atoms with Crippen molar-refractivity contribution < 1.29 is 0 Å². The van der Waals surface area contributed by atoms with Crippen LogP contribution in [0.5, 0.6) is 0 Å². The minimum absolute atomic E-state index is 1.27. The summed E-state index contributed by atoms with van der Waals surface area (Å²) in [6.07, 6.45) is 11.1. The average molecular weight is 246 g/mol. The third-order valence-electron chi connectivity index (χ3n) is 4.13. The van der Waals surface area contributed by atoms with Crippen LogP contribution in [0.15, 0.2) is 12.1 Å². The predicted octanol–water partition coefficient (Wildman–Crippen LogP) is 5.90. The number of rotatable bonds is 8. The normalized spacial score (nSPS) is 10.9. The average Bonchev–Trinajstić information content (AvgIpc) is 2.36. The molecule has 0 N–H and O–H groups in total. The summed E-state index contributed by atoms with van der Waals surface area (Å²) in [5.74, 6) is 0. The van der Waals surface area contributed by atoms with E-state index in [4.69, 9.17) is 0 Å². The van der Waals surface area contributed by atoms with Gasteiger partial charge in [-0.05, 0) is 55.9 Å². The van der Waals surface area contributed by atoms with Crippen LogP contribution in [-0.2, 0) is 6.42 Å². The van der Waals surface area contributed by atoms with Gasteiger partial charge in [0.1, 0.15) is 0 Å². The molecule has 1 aromatic rings. The SMILES string of the molecule is CCCCCCCCCc1c(C)ccc(C)c1C. The molecule has 0 aliphatic heterocycles. The molecule has 0 heteroatoms. The Hall–Kier alpha value is -0.780. The molecule has 0 unspecified atom stereocenters. The van der Waals surface area contributed by atoms with Gasteiger partial charge in [-0.3, -0.25) is 0 Å². The highest BCUT2D eigenvalue weighted by atomic mass is 14.1. The van der Waals surface area contributed by atoms with E-state index in [1.165, 1.54) is 68.1 Å². The Morgan fingerprint density at radius 1 is 0.722 bits per heavy atom. The standard InChI is InChI=1S/C18H30/c1-5-6-7-8-9-10-11-12-18-16(3)14-13-15(2)17(18)4/h13-14H,5-12H2,1-4H3. The lowest BCUT2D eigenvalue weighted by molar-refractivity contribution is 0.588. The Morgan fingerprint density at radius 2 is 1.28 bits per heavy atom. The van der Waals surface area contributed by atoms with E-state index in [-0.39, 0.29) is 0 Å². The number of aryl methyl sites for hydroxylation is 2. The molecule has 0 heterocycles. The Morgan fingerprint density at radius 3 is 1.94 bits per heavy atom. The summed E-state index contributed by atoms with van der Waals surface area (Å²) in [7, 11) is 0. The molecule has 0 aliphatic carbocycles. The maximum atomic E-state index is 2.28. The Labute approximate surface area is 114 Å². The third-order valence-corrected chi connectivity index (χ3v) is 4.13. The fraction of sp³-hybridized carbons (Fsp3) is 0.667. The van der Waals surface area contributed by atoms with E-state index in [2.05, 4.69) is 39.8 Å². The summed E-state index contributed by atoms with van der Waals surface area (Å²) < 4.78 is 0. The van der Waals surface area contributed by atoms with Crippen LogP contribution in [0.3, 0.4) is 0 Å². The van der Waals surface area contributed by atoms with E-state index < -0.39 is 0 Å². The van der Waals surface area contributed by atoms with Crippen LogP contribution in [0.4, 0.5) is 0 Å². The second-order valence-corrected chi connectivity index (χ2v) is 5.67. The molecular weight excluding hydrogens is 216 g/mol. The Balaban J connectivity index is 2.29. The van der Waals surface area contributed by atoms with Crippen molar-refractivity contribution in [3.05, 3.63) is 34.4 Å². The Kier molecular flexibility index (Phi) is 7.08. The largest absolute Gasteiger partial charge is 0.0654 e. The minimum Gasteiger partial charge on any atom is -0.0654 e. The molecule has 0 aliphatic rings. The number of hydrogen-bond donors (Lipinski definition) is 0. The van der Waals surface area contributed by atoms with E-state index in [9.17, 15) is 0 Å². The monoisotopic (exact) mass is 246 g/mol. The molecule has 1 rings (SSSR count). The topological polar surface area (TPSA) is 0 Å². The fourth-order valence-electron chi connectivity index (χ4n) is 2.65. The van der Waals surface area contributed by atoms with E-state index in [1.807, 2.05) is 0 Å². The van der Waals surface area contributed by atoms with E-state index in [1.54, 1.807) is 5.56 Å². The van der Waals surface area contributed by atoms with Crippen molar-refractivity contribution in [1.29, 1.82) is 0 Å². The van der Waals surface area contributed by atoms with Crippen LogP contribution in [0.1, 0.15) is 74.1 Å². The molecule has 0 spiro atoms. The quantitative estimate of drug-likeness (QED) is 0.501. The van der Waals surface area contributed by atoms with Gasteiger partial charge in [0, 0.05) is 0 Å². The van der Waals surface area contributed by atoms with Gasteiger partial charge in [0.15, 0.2) is 0 Å². The summed E-state index contributed by atoms with van der Waals surface area (Å²) >= 11 is 0. The lowest BCUT2D eigenvalue weighted by atomic mass is 9.94. The molecule has 0 radical (unpaired) electrons. The van der Waals surface area contributed by atoms with E-state index >= 15 is 0 Å². The summed E-state index contributed by atoms with van der Waals surface area (Å²) in [5, 5.41) is 0. The summed E-state index contributed by atoms with van der Waals surface area (Å²) in [6.45, 7) is 9.04. The molecule has 0 atom stereocenters. The van der Waals surface area contributed by atoms with Crippen molar-refractivity contribution in [2.75, 3.05) is 0 Å². The highest BCUT2D eigenvalue weighted by molar-refractivity contribution is 5.39. The van der Waals surface area contributed by atoms with Gasteiger partial charge in [0.25, 0.3) is 0 Å². The van der Waals surface area contributed by atoms with Gasteiger partial charge in [-0.2, -0.15) is 0 Å². The van der Waals surface area contributed by atoms with Crippen LogP contribution in [0, 0.1) is 20.8 Å². The van der Waals surface area contributed by atoms with Crippen molar-refractivity contribution in [3.8, 4) is 0 Å². The molecule has 1 aromatic carbocycles. The summed E-state index contributed by atoms with van der Waals surface area (Å²) in [5.41, 5.74) is 6.03.